The highest BCUT2D eigenvalue weighted by Gasteiger charge is 2.14. The average molecular weight is 466 g/mol. The third kappa shape index (κ3) is 6.31. The highest BCUT2D eigenvalue weighted by Crippen LogP contribution is 2.19. The van der Waals surface area contributed by atoms with E-state index >= 15 is 0 Å². The number of benzene rings is 2. The Bertz CT molecular complexity index is 1170. The molecule has 0 fully saturated rings. The number of aryl methyl sites for hydroxylation is 1. The normalized spacial score (nSPS) is 11.0. The van der Waals surface area contributed by atoms with Crippen LogP contribution < -0.4 is 4.74 Å². The number of likely N-dealkylation sites (N-methyl/N-ethyl adjacent to an activating group) is 1. The molecule has 0 atom stereocenters. The van der Waals surface area contributed by atoms with Gasteiger partial charge in [0, 0.05) is 30.9 Å². The summed E-state index contributed by atoms with van der Waals surface area (Å²) in [5.41, 5.74) is 3.90. The Balaban J connectivity index is 1.54. The van der Waals surface area contributed by atoms with Gasteiger partial charge < -0.3 is 14.4 Å². The van der Waals surface area contributed by atoms with E-state index < -0.39 is 5.97 Å². The van der Waals surface area contributed by atoms with Gasteiger partial charge in [-0.15, -0.1) is 0 Å². The number of carbonyl (C=O) groups is 2. The number of hydrogen-bond donors (Lipinski definition) is 0. The molecule has 2 aromatic carbocycles. The Morgan fingerprint density at radius 1 is 1.09 bits per heavy atom. The molecule has 3 rings (SSSR count). The molecule has 3 aromatic rings. The van der Waals surface area contributed by atoms with Gasteiger partial charge in [0.05, 0.1) is 18.0 Å². The van der Waals surface area contributed by atoms with Gasteiger partial charge in [0.25, 0.3) is 5.91 Å². The summed E-state index contributed by atoms with van der Waals surface area (Å²) in [4.78, 5) is 26.0. The molecular weight excluding hydrogens is 437 g/mol. The number of nitrogens with zero attached hydrogens (tertiary/aromatic N) is 3. The molecule has 178 valence electrons. The van der Waals surface area contributed by atoms with Crippen molar-refractivity contribution in [3.63, 3.8) is 0 Å². The molecule has 0 N–H and O–H groups in total. The van der Waals surface area contributed by atoms with Gasteiger partial charge in [0.2, 0.25) is 0 Å². The Morgan fingerprint density at radius 2 is 1.76 bits per heavy atom. The minimum absolute atomic E-state index is 0.313. The maximum atomic E-state index is 13.2. The number of amides is 1. The molecule has 0 spiro atoms. The number of ether oxygens (including phenoxy) is 2. The minimum atomic E-state index is -0.629. The standard InChI is InChI=1S/C26H28FN3O4/c1-5-33-23-12-6-20(7-13-23)16-29(4)25(31)17-34-26(32)15-14-24-18(2)28-30(19(24)3)22-10-8-21(27)9-11-22/h6-15H,5,16-17H2,1-4H3/b15-14+. The maximum Gasteiger partial charge on any atom is 0.331 e. The summed E-state index contributed by atoms with van der Waals surface area (Å²) in [6.07, 6.45) is 2.87. The van der Waals surface area contributed by atoms with E-state index in [0.717, 1.165) is 22.6 Å². The van der Waals surface area contributed by atoms with Crippen LogP contribution in [0.1, 0.15) is 29.4 Å². The van der Waals surface area contributed by atoms with Crippen molar-refractivity contribution in [1.29, 1.82) is 0 Å². The zero-order valence-corrected chi connectivity index (χ0v) is 19.7. The van der Waals surface area contributed by atoms with E-state index in [0.29, 0.717) is 24.5 Å². The molecule has 0 radical (unpaired) electrons. The molecule has 1 aromatic heterocycles. The van der Waals surface area contributed by atoms with Crippen molar-refractivity contribution in [2.45, 2.75) is 27.3 Å². The first-order valence-electron chi connectivity index (χ1n) is 10.9. The molecule has 0 bridgehead atoms. The highest BCUT2D eigenvalue weighted by molar-refractivity contribution is 5.89. The van der Waals surface area contributed by atoms with Gasteiger partial charge >= 0.3 is 5.97 Å². The van der Waals surface area contributed by atoms with Crippen molar-refractivity contribution in [3.05, 3.63) is 82.9 Å². The van der Waals surface area contributed by atoms with Crippen LogP contribution in [0.3, 0.4) is 0 Å². The summed E-state index contributed by atoms with van der Waals surface area (Å²) in [6.45, 7) is 6.21. The molecule has 1 heterocycles. The average Bonchev–Trinajstić information content (AvgIpc) is 3.11. The SMILES string of the molecule is CCOc1ccc(CN(C)C(=O)COC(=O)/C=C/c2c(C)nn(-c3ccc(F)cc3)c2C)cc1. The fourth-order valence-electron chi connectivity index (χ4n) is 3.39. The number of halogens is 1. The number of carbonyl (C=O) groups excluding carboxylic acids is 2. The van der Waals surface area contributed by atoms with Gasteiger partial charge in [-0.05, 0) is 68.8 Å². The van der Waals surface area contributed by atoms with E-state index in [9.17, 15) is 14.0 Å². The van der Waals surface area contributed by atoms with Crippen LogP contribution in [0.15, 0.2) is 54.6 Å². The summed E-state index contributed by atoms with van der Waals surface area (Å²) < 4.78 is 25.4. The van der Waals surface area contributed by atoms with Crippen molar-refractivity contribution in [2.75, 3.05) is 20.3 Å². The minimum Gasteiger partial charge on any atom is -0.494 e. The second kappa shape index (κ2) is 11.3. The number of esters is 1. The van der Waals surface area contributed by atoms with E-state index in [1.165, 1.54) is 23.1 Å². The predicted octanol–water partition coefficient (Wildman–Crippen LogP) is 4.24. The predicted molar refractivity (Wildman–Crippen MR) is 127 cm³/mol. The van der Waals surface area contributed by atoms with Crippen LogP contribution in [-0.2, 0) is 20.9 Å². The molecule has 0 saturated heterocycles. The van der Waals surface area contributed by atoms with Crippen molar-refractivity contribution in [1.82, 2.24) is 14.7 Å². The third-order valence-corrected chi connectivity index (χ3v) is 5.22. The molecule has 34 heavy (non-hydrogen) atoms. The Morgan fingerprint density at radius 3 is 2.41 bits per heavy atom. The lowest BCUT2D eigenvalue weighted by Crippen LogP contribution is -2.30. The topological polar surface area (TPSA) is 73.7 Å². The van der Waals surface area contributed by atoms with Crippen LogP contribution in [0.4, 0.5) is 4.39 Å². The van der Waals surface area contributed by atoms with Gasteiger partial charge in [0.15, 0.2) is 6.61 Å². The first-order chi connectivity index (χ1) is 16.3. The van der Waals surface area contributed by atoms with Gasteiger partial charge in [-0.3, -0.25) is 4.79 Å². The zero-order chi connectivity index (χ0) is 24.7. The molecular formula is C26H28FN3O4. The lowest BCUT2D eigenvalue weighted by Gasteiger charge is -2.17. The van der Waals surface area contributed by atoms with Gasteiger partial charge in [-0.2, -0.15) is 5.10 Å². The lowest BCUT2D eigenvalue weighted by atomic mass is 10.2. The monoisotopic (exact) mass is 465 g/mol. The van der Waals surface area contributed by atoms with Gasteiger partial charge in [-0.1, -0.05) is 12.1 Å². The Kier molecular flexibility index (Phi) is 8.19. The second-order valence-corrected chi connectivity index (χ2v) is 7.74. The van der Waals surface area contributed by atoms with Crippen molar-refractivity contribution < 1.29 is 23.5 Å². The van der Waals surface area contributed by atoms with E-state index in [1.54, 1.807) is 29.9 Å². The fourth-order valence-corrected chi connectivity index (χ4v) is 3.39. The zero-order valence-electron chi connectivity index (χ0n) is 19.7. The van der Waals surface area contributed by atoms with Crippen LogP contribution in [0.2, 0.25) is 0 Å². The van der Waals surface area contributed by atoms with E-state index in [2.05, 4.69) is 5.10 Å². The van der Waals surface area contributed by atoms with Crippen LogP contribution >= 0.6 is 0 Å². The molecule has 0 saturated carbocycles. The number of hydrogen-bond acceptors (Lipinski definition) is 5. The molecule has 0 aliphatic heterocycles. The van der Waals surface area contributed by atoms with E-state index in [4.69, 9.17) is 9.47 Å². The van der Waals surface area contributed by atoms with Crippen LogP contribution in [-0.4, -0.2) is 46.8 Å². The smallest absolute Gasteiger partial charge is 0.331 e. The first-order valence-corrected chi connectivity index (χ1v) is 10.9. The van der Waals surface area contributed by atoms with E-state index in [-0.39, 0.29) is 18.3 Å². The summed E-state index contributed by atoms with van der Waals surface area (Å²) in [6, 6.07) is 13.5. The Labute approximate surface area is 198 Å². The van der Waals surface area contributed by atoms with Crippen LogP contribution in [0.5, 0.6) is 5.75 Å². The number of aromatic nitrogens is 2. The van der Waals surface area contributed by atoms with Crippen molar-refractivity contribution in [2.24, 2.45) is 0 Å². The van der Waals surface area contributed by atoms with Gasteiger partial charge in [-0.25, -0.2) is 13.9 Å². The van der Waals surface area contributed by atoms with Crippen LogP contribution in [0, 0.1) is 19.7 Å². The maximum absolute atomic E-state index is 13.2. The van der Waals surface area contributed by atoms with Crippen LogP contribution in [0.25, 0.3) is 11.8 Å². The molecule has 0 unspecified atom stereocenters. The molecule has 7 nitrogen and oxygen atoms in total. The largest absolute Gasteiger partial charge is 0.494 e. The highest BCUT2D eigenvalue weighted by atomic mass is 19.1. The summed E-state index contributed by atoms with van der Waals surface area (Å²) in [7, 11) is 1.65. The quantitative estimate of drug-likeness (QED) is 0.349. The summed E-state index contributed by atoms with van der Waals surface area (Å²) >= 11 is 0. The lowest BCUT2D eigenvalue weighted by molar-refractivity contribution is -0.147. The third-order valence-electron chi connectivity index (χ3n) is 5.22. The van der Waals surface area contributed by atoms with E-state index in [1.807, 2.05) is 45.0 Å². The summed E-state index contributed by atoms with van der Waals surface area (Å²) in [5.74, 6) is -0.495. The van der Waals surface area contributed by atoms with Crippen molar-refractivity contribution >= 4 is 18.0 Å². The first kappa shape index (κ1) is 24.7. The molecule has 1 amide bonds. The molecule has 8 heteroatoms. The molecule has 0 aliphatic carbocycles. The number of rotatable bonds is 9. The molecule has 0 aliphatic rings. The van der Waals surface area contributed by atoms with Gasteiger partial charge in [0.1, 0.15) is 11.6 Å². The Hall–Kier alpha value is -3.94. The fraction of sp³-hybridized carbons (Fsp3) is 0.269. The second-order valence-electron chi connectivity index (χ2n) is 7.74. The summed E-state index contributed by atoms with van der Waals surface area (Å²) in [5, 5.41) is 4.46. The van der Waals surface area contributed by atoms with Crippen molar-refractivity contribution in [3.8, 4) is 11.4 Å².